The molecule has 2 aromatic heterocycles. The summed E-state index contributed by atoms with van der Waals surface area (Å²) in [4.78, 5) is 9.23. The van der Waals surface area contributed by atoms with Crippen molar-refractivity contribution in [3.63, 3.8) is 0 Å². The van der Waals surface area contributed by atoms with Gasteiger partial charge in [-0.15, -0.1) is 11.3 Å². The number of hydrogen-bond donors (Lipinski definition) is 1. The first-order valence-electron chi connectivity index (χ1n) is 9.90. The highest BCUT2D eigenvalue weighted by Gasteiger charge is 2.25. The first kappa shape index (κ1) is 21.5. The van der Waals surface area contributed by atoms with Crippen molar-refractivity contribution in [2.75, 3.05) is 24.7 Å². The first-order chi connectivity index (χ1) is 14.7. The fourth-order valence-electron chi connectivity index (χ4n) is 3.76. The Morgan fingerprint density at radius 2 is 1.90 bits per heavy atom. The van der Waals surface area contributed by atoms with Crippen molar-refractivity contribution in [3.05, 3.63) is 40.3 Å². The van der Waals surface area contributed by atoms with Gasteiger partial charge in [0.05, 0.1) is 23.4 Å². The number of ether oxygens (including phenoxy) is 1. The van der Waals surface area contributed by atoms with E-state index < -0.39 is 10.0 Å². The molecule has 8 nitrogen and oxygen atoms in total. The lowest BCUT2D eigenvalue weighted by Gasteiger charge is -2.30. The van der Waals surface area contributed by atoms with Crippen LogP contribution >= 0.6 is 11.3 Å². The number of fused-ring (bicyclic) bond motifs is 1. The zero-order valence-corrected chi connectivity index (χ0v) is 19.2. The number of hydrogen-bond acceptors (Lipinski definition) is 8. The average Bonchev–Trinajstić information content (AvgIpc) is 3.19. The van der Waals surface area contributed by atoms with Crippen molar-refractivity contribution in [3.8, 4) is 17.7 Å². The number of benzene rings is 1. The molecule has 0 unspecified atom stereocenters. The Morgan fingerprint density at radius 1 is 1.23 bits per heavy atom. The zero-order chi connectivity index (χ0) is 22.2. The highest BCUT2D eigenvalue weighted by molar-refractivity contribution is 7.88. The van der Waals surface area contributed by atoms with E-state index in [2.05, 4.69) is 21.4 Å². The Bertz CT molecular complexity index is 1250. The molecule has 4 rings (SSSR count). The van der Waals surface area contributed by atoms with E-state index in [9.17, 15) is 13.7 Å². The van der Waals surface area contributed by atoms with E-state index in [1.807, 2.05) is 25.3 Å². The molecule has 1 saturated heterocycles. The van der Waals surface area contributed by atoms with Crippen molar-refractivity contribution in [1.82, 2.24) is 14.3 Å². The van der Waals surface area contributed by atoms with Gasteiger partial charge in [-0.25, -0.2) is 17.7 Å². The summed E-state index contributed by atoms with van der Waals surface area (Å²) in [6, 6.07) is 7.76. The maximum absolute atomic E-state index is 11.7. The van der Waals surface area contributed by atoms with Gasteiger partial charge in [-0.2, -0.15) is 10.2 Å². The number of sulfonamides is 1. The minimum absolute atomic E-state index is 0.0836. The number of anilines is 1. The number of aryl methyl sites for hydroxylation is 2. The van der Waals surface area contributed by atoms with Crippen molar-refractivity contribution in [2.24, 2.45) is 0 Å². The van der Waals surface area contributed by atoms with Crippen molar-refractivity contribution in [1.29, 1.82) is 5.26 Å². The second-order valence-corrected chi connectivity index (χ2v) is 10.6. The Labute approximate surface area is 185 Å². The molecule has 162 valence electrons. The molecule has 1 aromatic carbocycles. The zero-order valence-electron chi connectivity index (χ0n) is 17.5. The average molecular weight is 458 g/mol. The van der Waals surface area contributed by atoms with E-state index in [4.69, 9.17) is 4.74 Å². The number of nitriles is 1. The highest BCUT2D eigenvalue weighted by atomic mass is 32.2. The van der Waals surface area contributed by atoms with Gasteiger partial charge >= 0.3 is 0 Å². The fourth-order valence-corrected chi connectivity index (χ4v) is 5.39. The molecule has 1 fully saturated rings. The maximum Gasteiger partial charge on any atom is 0.242 e. The van der Waals surface area contributed by atoms with E-state index in [0.717, 1.165) is 21.3 Å². The third-order valence-corrected chi connectivity index (χ3v) is 7.51. The molecule has 0 amide bonds. The lowest BCUT2D eigenvalue weighted by atomic mass is 10.1. The van der Waals surface area contributed by atoms with Crippen molar-refractivity contribution >= 4 is 37.5 Å². The molecule has 0 radical (unpaired) electrons. The second kappa shape index (κ2) is 8.42. The van der Waals surface area contributed by atoms with E-state index in [1.54, 1.807) is 12.1 Å². The monoisotopic (exact) mass is 457 g/mol. The van der Waals surface area contributed by atoms with E-state index in [0.29, 0.717) is 49.1 Å². The van der Waals surface area contributed by atoms with E-state index >= 15 is 0 Å². The SMILES string of the molecule is Cc1cc(C#N)cc(C)c1Oc1nc(NC2CCN(S(C)(=O)=O)CC2)nc2ccsc12. The Balaban J connectivity index is 1.59. The van der Waals surface area contributed by atoms with Gasteiger partial charge in [-0.3, -0.25) is 0 Å². The molecule has 3 heterocycles. The lowest BCUT2D eigenvalue weighted by Crippen LogP contribution is -2.42. The van der Waals surface area contributed by atoms with E-state index in [1.165, 1.54) is 21.9 Å². The number of nitrogens with zero attached hydrogens (tertiary/aromatic N) is 4. The molecule has 31 heavy (non-hydrogen) atoms. The molecule has 10 heteroatoms. The molecular weight excluding hydrogens is 434 g/mol. The van der Waals surface area contributed by atoms with Gasteiger partial charge in [0, 0.05) is 19.1 Å². The van der Waals surface area contributed by atoms with Crippen LogP contribution in [0.1, 0.15) is 29.5 Å². The Morgan fingerprint density at radius 3 is 2.52 bits per heavy atom. The quantitative estimate of drug-likeness (QED) is 0.620. The molecule has 0 bridgehead atoms. The summed E-state index contributed by atoms with van der Waals surface area (Å²) >= 11 is 1.51. The largest absolute Gasteiger partial charge is 0.437 e. The predicted molar refractivity (Wildman–Crippen MR) is 121 cm³/mol. The number of aromatic nitrogens is 2. The topological polar surface area (TPSA) is 108 Å². The predicted octanol–water partition coefficient (Wildman–Crippen LogP) is 3.81. The normalized spacial score (nSPS) is 15.7. The third kappa shape index (κ3) is 4.63. The van der Waals surface area contributed by atoms with Crippen LogP contribution in [0.3, 0.4) is 0 Å². The van der Waals surface area contributed by atoms with Crippen LogP contribution < -0.4 is 10.1 Å². The van der Waals surface area contributed by atoms with Gasteiger partial charge in [-0.1, -0.05) is 0 Å². The second-order valence-electron chi connectivity index (χ2n) is 7.72. The van der Waals surface area contributed by atoms with Crippen molar-refractivity contribution < 1.29 is 13.2 Å². The van der Waals surface area contributed by atoms with Crippen LogP contribution in [0.2, 0.25) is 0 Å². The van der Waals surface area contributed by atoms with Gasteiger partial charge in [0.2, 0.25) is 21.9 Å². The molecule has 3 aromatic rings. The van der Waals surface area contributed by atoms with Crippen LogP contribution in [0.4, 0.5) is 5.95 Å². The third-order valence-electron chi connectivity index (χ3n) is 5.32. The lowest BCUT2D eigenvalue weighted by molar-refractivity contribution is 0.331. The van der Waals surface area contributed by atoms with Gasteiger partial charge in [0.15, 0.2) is 0 Å². The molecule has 0 aliphatic carbocycles. The van der Waals surface area contributed by atoms with Crippen molar-refractivity contribution in [2.45, 2.75) is 32.7 Å². The minimum Gasteiger partial charge on any atom is -0.437 e. The Hall–Kier alpha value is -2.74. The van der Waals surface area contributed by atoms with Crippen LogP contribution in [-0.2, 0) is 10.0 Å². The Kier molecular flexibility index (Phi) is 5.83. The standard InChI is InChI=1S/C21H23N5O3S2/c1-13-10-15(12-22)11-14(2)18(13)29-20-19-17(6-9-30-19)24-21(25-20)23-16-4-7-26(8-5-16)31(3,27)28/h6,9-11,16H,4-5,7-8H2,1-3H3,(H,23,24,25). The van der Waals surface area contributed by atoms with Crippen LogP contribution in [-0.4, -0.2) is 48.1 Å². The summed E-state index contributed by atoms with van der Waals surface area (Å²) in [6.07, 6.45) is 2.61. The first-order valence-corrected chi connectivity index (χ1v) is 12.6. The molecule has 0 spiro atoms. The minimum atomic E-state index is -3.16. The van der Waals surface area contributed by atoms with Gasteiger partial charge in [0.25, 0.3) is 0 Å². The van der Waals surface area contributed by atoms with E-state index in [-0.39, 0.29) is 6.04 Å². The van der Waals surface area contributed by atoms with Crippen LogP contribution in [0.5, 0.6) is 11.6 Å². The summed E-state index contributed by atoms with van der Waals surface area (Å²) in [5, 5.41) is 14.5. The summed E-state index contributed by atoms with van der Waals surface area (Å²) in [7, 11) is -3.16. The maximum atomic E-state index is 11.7. The molecular formula is C21H23N5O3S2. The van der Waals surface area contributed by atoms with Gasteiger partial charge in [-0.05, 0) is 61.4 Å². The molecule has 1 aliphatic rings. The van der Waals surface area contributed by atoms with Crippen LogP contribution in [0.15, 0.2) is 23.6 Å². The van der Waals surface area contributed by atoms with Crippen LogP contribution in [0, 0.1) is 25.2 Å². The highest BCUT2D eigenvalue weighted by Crippen LogP contribution is 2.35. The molecule has 1 aliphatic heterocycles. The number of thiophene rings is 1. The smallest absolute Gasteiger partial charge is 0.242 e. The molecule has 0 atom stereocenters. The van der Waals surface area contributed by atoms with Crippen LogP contribution in [0.25, 0.3) is 10.2 Å². The number of piperidine rings is 1. The number of nitrogens with one attached hydrogen (secondary N) is 1. The van der Waals surface area contributed by atoms with Gasteiger partial charge < -0.3 is 10.1 Å². The fraction of sp³-hybridized carbons (Fsp3) is 0.381. The van der Waals surface area contributed by atoms with Gasteiger partial charge in [0.1, 0.15) is 10.4 Å². The summed E-state index contributed by atoms with van der Waals surface area (Å²) < 4.78 is 32.0. The summed E-state index contributed by atoms with van der Waals surface area (Å²) in [6.45, 7) is 4.77. The molecule has 0 saturated carbocycles. The molecule has 1 N–H and O–H groups in total. The number of rotatable bonds is 5. The summed E-state index contributed by atoms with van der Waals surface area (Å²) in [5.41, 5.74) is 3.11. The summed E-state index contributed by atoms with van der Waals surface area (Å²) in [5.74, 6) is 1.61.